The summed E-state index contributed by atoms with van der Waals surface area (Å²) >= 11 is 0. The Bertz CT molecular complexity index is 323. The largest absolute Gasteiger partial charge is 0.378 e. The Morgan fingerprint density at radius 2 is 2.00 bits per heavy atom. The Balaban J connectivity index is 1.49. The molecular weight excluding hydrogens is 244 g/mol. The maximum Gasteiger partial charge on any atom is 0.223 e. The highest BCUT2D eigenvalue weighted by molar-refractivity contribution is 5.76. The fraction of sp³-hybridized carbons (Fsp3) is 0.929. The van der Waals surface area contributed by atoms with Crippen LogP contribution in [-0.2, 0) is 14.3 Å². The van der Waals surface area contributed by atoms with E-state index in [1.54, 1.807) is 0 Å². The van der Waals surface area contributed by atoms with E-state index in [1.807, 2.05) is 4.90 Å². The Kier molecular flexibility index (Phi) is 4.05. The van der Waals surface area contributed by atoms with Gasteiger partial charge < -0.3 is 19.7 Å². The van der Waals surface area contributed by atoms with Gasteiger partial charge in [-0.15, -0.1) is 0 Å². The van der Waals surface area contributed by atoms with E-state index in [9.17, 15) is 4.79 Å². The van der Waals surface area contributed by atoms with Crippen LogP contribution < -0.4 is 5.32 Å². The number of hydrogen-bond acceptors (Lipinski definition) is 4. The predicted molar refractivity (Wildman–Crippen MR) is 70.9 cm³/mol. The van der Waals surface area contributed by atoms with E-state index < -0.39 is 0 Å². The van der Waals surface area contributed by atoms with Crippen molar-refractivity contribution in [1.29, 1.82) is 0 Å². The van der Waals surface area contributed by atoms with Crippen molar-refractivity contribution in [2.24, 2.45) is 5.92 Å². The average Bonchev–Trinajstić information content (AvgIpc) is 2.83. The second kappa shape index (κ2) is 5.77. The molecule has 0 bridgehead atoms. The Hall–Kier alpha value is -0.650. The zero-order chi connectivity index (χ0) is 13.1. The van der Waals surface area contributed by atoms with Gasteiger partial charge >= 0.3 is 0 Å². The fourth-order valence-electron chi connectivity index (χ4n) is 3.49. The molecule has 0 unspecified atom stereocenters. The van der Waals surface area contributed by atoms with E-state index in [2.05, 4.69) is 5.32 Å². The van der Waals surface area contributed by atoms with Crippen LogP contribution in [0.15, 0.2) is 0 Å². The van der Waals surface area contributed by atoms with Crippen molar-refractivity contribution in [3.8, 4) is 0 Å². The lowest BCUT2D eigenvalue weighted by atomic mass is 9.85. The monoisotopic (exact) mass is 268 g/mol. The van der Waals surface area contributed by atoms with Gasteiger partial charge in [-0.1, -0.05) is 0 Å². The van der Waals surface area contributed by atoms with E-state index in [4.69, 9.17) is 9.47 Å². The predicted octanol–water partition coefficient (Wildman–Crippen LogP) is 0.394. The van der Waals surface area contributed by atoms with Gasteiger partial charge in [0.05, 0.1) is 25.4 Å². The third-order valence-corrected chi connectivity index (χ3v) is 4.63. The molecule has 3 aliphatic rings. The second-order valence-electron chi connectivity index (χ2n) is 6.01. The summed E-state index contributed by atoms with van der Waals surface area (Å²) in [6.45, 7) is 5.72. The molecule has 5 nitrogen and oxygen atoms in total. The van der Waals surface area contributed by atoms with Crippen molar-refractivity contribution < 1.29 is 14.3 Å². The number of hydrogen-bond donors (Lipinski definition) is 1. The number of morpholine rings is 1. The van der Waals surface area contributed by atoms with E-state index in [0.29, 0.717) is 25.6 Å². The number of piperidine rings is 1. The van der Waals surface area contributed by atoms with Gasteiger partial charge in [0.1, 0.15) is 0 Å². The van der Waals surface area contributed by atoms with Gasteiger partial charge in [-0.2, -0.15) is 0 Å². The maximum absolute atomic E-state index is 12.2. The summed E-state index contributed by atoms with van der Waals surface area (Å²) in [6.07, 6.45) is 3.89. The molecule has 3 fully saturated rings. The van der Waals surface area contributed by atoms with Gasteiger partial charge in [-0.05, 0) is 38.3 Å². The molecule has 0 aromatic carbocycles. The molecule has 108 valence electrons. The molecule has 3 heterocycles. The lowest BCUT2D eigenvalue weighted by Gasteiger charge is -2.33. The molecule has 0 aliphatic carbocycles. The molecule has 3 aliphatic heterocycles. The standard InChI is InChI=1S/C14H24N2O3/c17-13(16-5-7-18-8-6-16)9-12-10-14(19-11-12)1-3-15-4-2-14/h12,15H,1-11H2/t12-/m0/s1. The van der Waals surface area contributed by atoms with Gasteiger partial charge in [-0.25, -0.2) is 0 Å². The molecular formula is C14H24N2O3. The third-order valence-electron chi connectivity index (χ3n) is 4.63. The molecule has 19 heavy (non-hydrogen) atoms. The van der Waals surface area contributed by atoms with Crippen LogP contribution in [0.25, 0.3) is 0 Å². The lowest BCUT2D eigenvalue weighted by molar-refractivity contribution is -0.136. The van der Waals surface area contributed by atoms with Crippen LogP contribution in [0, 0.1) is 5.92 Å². The van der Waals surface area contributed by atoms with Crippen LogP contribution >= 0.6 is 0 Å². The summed E-state index contributed by atoms with van der Waals surface area (Å²) < 4.78 is 11.3. The summed E-state index contributed by atoms with van der Waals surface area (Å²) in [5.41, 5.74) is 0.0706. The molecule has 0 aromatic heterocycles. The first-order valence-corrected chi connectivity index (χ1v) is 7.48. The summed E-state index contributed by atoms with van der Waals surface area (Å²) in [7, 11) is 0. The first kappa shape index (κ1) is 13.3. The first-order chi connectivity index (χ1) is 9.27. The quantitative estimate of drug-likeness (QED) is 0.787. The van der Waals surface area contributed by atoms with E-state index in [0.717, 1.165) is 52.0 Å². The fourth-order valence-corrected chi connectivity index (χ4v) is 3.49. The van der Waals surface area contributed by atoms with E-state index in [-0.39, 0.29) is 11.5 Å². The van der Waals surface area contributed by atoms with Crippen molar-refractivity contribution in [1.82, 2.24) is 10.2 Å². The second-order valence-corrected chi connectivity index (χ2v) is 6.01. The number of nitrogens with one attached hydrogen (secondary N) is 1. The van der Waals surface area contributed by atoms with E-state index in [1.165, 1.54) is 0 Å². The topological polar surface area (TPSA) is 50.8 Å². The minimum atomic E-state index is 0.0706. The molecule has 0 radical (unpaired) electrons. The number of rotatable bonds is 2. The van der Waals surface area contributed by atoms with Crippen molar-refractivity contribution in [2.45, 2.75) is 31.3 Å². The van der Waals surface area contributed by atoms with Crippen LogP contribution in [0.4, 0.5) is 0 Å². The van der Waals surface area contributed by atoms with Crippen LogP contribution in [0.2, 0.25) is 0 Å². The molecule has 1 atom stereocenters. The molecule has 1 spiro atoms. The molecule has 5 heteroatoms. The molecule has 3 rings (SSSR count). The number of nitrogens with zero attached hydrogens (tertiary/aromatic N) is 1. The molecule has 1 N–H and O–H groups in total. The van der Waals surface area contributed by atoms with Gasteiger partial charge in [0.25, 0.3) is 0 Å². The zero-order valence-electron chi connectivity index (χ0n) is 11.5. The van der Waals surface area contributed by atoms with Gasteiger partial charge in [0.2, 0.25) is 5.91 Å². The maximum atomic E-state index is 12.2. The Labute approximate surface area is 114 Å². The SMILES string of the molecule is O=C(C[C@@H]1COC2(CCNCC2)C1)N1CCOCC1. The molecule has 3 saturated heterocycles. The highest BCUT2D eigenvalue weighted by Crippen LogP contribution is 2.38. The van der Waals surface area contributed by atoms with Crippen molar-refractivity contribution in [2.75, 3.05) is 46.0 Å². The van der Waals surface area contributed by atoms with Gasteiger partial charge in [0, 0.05) is 19.5 Å². The summed E-state index contributed by atoms with van der Waals surface area (Å²) in [4.78, 5) is 14.2. The zero-order valence-corrected chi connectivity index (χ0v) is 11.5. The van der Waals surface area contributed by atoms with Crippen LogP contribution in [0.1, 0.15) is 25.7 Å². The van der Waals surface area contributed by atoms with Crippen molar-refractivity contribution >= 4 is 5.91 Å². The van der Waals surface area contributed by atoms with Crippen LogP contribution in [-0.4, -0.2) is 62.4 Å². The van der Waals surface area contributed by atoms with Gasteiger partial charge in [0.15, 0.2) is 0 Å². The first-order valence-electron chi connectivity index (χ1n) is 7.48. The lowest BCUT2D eigenvalue weighted by Crippen LogP contribution is -2.42. The summed E-state index contributed by atoms with van der Waals surface area (Å²) in [5, 5.41) is 3.37. The minimum Gasteiger partial charge on any atom is -0.378 e. The van der Waals surface area contributed by atoms with Crippen LogP contribution in [0.3, 0.4) is 0 Å². The Morgan fingerprint density at radius 1 is 1.26 bits per heavy atom. The van der Waals surface area contributed by atoms with Crippen molar-refractivity contribution in [3.63, 3.8) is 0 Å². The van der Waals surface area contributed by atoms with E-state index >= 15 is 0 Å². The van der Waals surface area contributed by atoms with Gasteiger partial charge in [-0.3, -0.25) is 4.79 Å². The normalized spacial score (nSPS) is 30.7. The smallest absolute Gasteiger partial charge is 0.223 e. The number of carbonyl (C=O) groups is 1. The number of carbonyl (C=O) groups excluding carboxylic acids is 1. The highest BCUT2D eigenvalue weighted by Gasteiger charge is 2.41. The number of ether oxygens (including phenoxy) is 2. The minimum absolute atomic E-state index is 0.0706. The summed E-state index contributed by atoms with van der Waals surface area (Å²) in [5.74, 6) is 0.691. The number of amides is 1. The summed E-state index contributed by atoms with van der Waals surface area (Å²) in [6, 6.07) is 0. The highest BCUT2D eigenvalue weighted by atomic mass is 16.5. The molecule has 1 amide bonds. The molecule has 0 saturated carbocycles. The molecule has 0 aromatic rings. The average molecular weight is 268 g/mol. The Morgan fingerprint density at radius 3 is 2.74 bits per heavy atom. The third kappa shape index (κ3) is 3.09. The van der Waals surface area contributed by atoms with Crippen molar-refractivity contribution in [3.05, 3.63) is 0 Å². The van der Waals surface area contributed by atoms with Crippen LogP contribution in [0.5, 0.6) is 0 Å².